The number of benzene rings is 1. The maximum atomic E-state index is 12.7. The average molecular weight is 401 g/mol. The molecule has 1 amide bonds. The van der Waals surface area contributed by atoms with E-state index in [0.717, 1.165) is 18.9 Å². The summed E-state index contributed by atoms with van der Waals surface area (Å²) < 4.78 is 38.1. The van der Waals surface area contributed by atoms with Gasteiger partial charge in [0.05, 0.1) is 11.1 Å². The summed E-state index contributed by atoms with van der Waals surface area (Å²) in [6.07, 6.45) is -2.80. The number of carbonyl (C=O) groups excluding carboxylic acids is 1. The Morgan fingerprint density at radius 3 is 2.47 bits per heavy atom. The van der Waals surface area contributed by atoms with Gasteiger partial charge in [0.2, 0.25) is 0 Å². The lowest BCUT2D eigenvalue weighted by molar-refractivity contribution is -0.138. The molecule has 1 aliphatic rings. The number of carbonyl (C=O) groups is 1. The van der Waals surface area contributed by atoms with Crippen molar-refractivity contribution in [3.05, 3.63) is 33.8 Å². The summed E-state index contributed by atoms with van der Waals surface area (Å²) in [5.41, 5.74) is -1.12. The van der Waals surface area contributed by atoms with Crippen molar-refractivity contribution in [2.75, 3.05) is 5.33 Å². The molecule has 0 bridgehead atoms. The van der Waals surface area contributed by atoms with Gasteiger partial charge in [-0.3, -0.25) is 4.79 Å². The molecular formula is C12H10Br2F3NO. The Morgan fingerprint density at radius 1 is 1.37 bits per heavy atom. The zero-order valence-corrected chi connectivity index (χ0v) is 12.8. The lowest BCUT2D eigenvalue weighted by Gasteiger charge is -2.15. The fourth-order valence-electron chi connectivity index (χ4n) is 1.64. The molecule has 7 heteroatoms. The van der Waals surface area contributed by atoms with Crippen LogP contribution < -0.4 is 5.32 Å². The van der Waals surface area contributed by atoms with Crippen molar-refractivity contribution in [1.29, 1.82) is 0 Å². The molecule has 1 N–H and O–H groups in total. The van der Waals surface area contributed by atoms with E-state index >= 15 is 0 Å². The highest BCUT2D eigenvalue weighted by atomic mass is 79.9. The van der Waals surface area contributed by atoms with Gasteiger partial charge in [-0.05, 0) is 31.0 Å². The first-order chi connectivity index (χ1) is 8.77. The van der Waals surface area contributed by atoms with E-state index in [1.54, 1.807) is 0 Å². The fourth-order valence-corrected chi connectivity index (χ4v) is 2.81. The van der Waals surface area contributed by atoms with Crippen LogP contribution in [0.25, 0.3) is 0 Å². The molecular weight excluding hydrogens is 391 g/mol. The minimum absolute atomic E-state index is 0.0164. The van der Waals surface area contributed by atoms with Crippen molar-refractivity contribution in [3.8, 4) is 0 Å². The Balaban J connectivity index is 2.24. The van der Waals surface area contributed by atoms with Gasteiger partial charge >= 0.3 is 6.18 Å². The van der Waals surface area contributed by atoms with E-state index in [1.165, 1.54) is 12.1 Å². The van der Waals surface area contributed by atoms with Crippen LogP contribution in [-0.4, -0.2) is 16.8 Å². The predicted octanol–water partition coefficient (Wildman–Crippen LogP) is 4.13. The van der Waals surface area contributed by atoms with Gasteiger partial charge in [-0.2, -0.15) is 13.2 Å². The van der Waals surface area contributed by atoms with E-state index in [2.05, 4.69) is 37.2 Å². The SMILES string of the molecule is O=C(NC1(CBr)CC1)c1ccc(Br)c(C(F)(F)F)c1. The number of hydrogen-bond donors (Lipinski definition) is 1. The normalized spacial score (nSPS) is 17.1. The molecule has 0 aromatic heterocycles. The average Bonchev–Trinajstić information content (AvgIpc) is 3.08. The van der Waals surface area contributed by atoms with Crippen molar-refractivity contribution in [1.82, 2.24) is 5.32 Å². The maximum absolute atomic E-state index is 12.7. The van der Waals surface area contributed by atoms with E-state index < -0.39 is 17.6 Å². The van der Waals surface area contributed by atoms with Gasteiger partial charge in [0, 0.05) is 15.4 Å². The highest BCUT2D eigenvalue weighted by molar-refractivity contribution is 9.10. The van der Waals surface area contributed by atoms with Gasteiger partial charge in [0.25, 0.3) is 5.91 Å². The highest BCUT2D eigenvalue weighted by Crippen LogP contribution is 2.38. The standard InChI is InChI=1S/C12H10Br2F3NO/c13-6-11(3-4-11)18-10(19)7-1-2-9(14)8(5-7)12(15,16)17/h1-2,5H,3-4,6H2,(H,18,19). The summed E-state index contributed by atoms with van der Waals surface area (Å²) in [5.74, 6) is -0.477. The minimum Gasteiger partial charge on any atom is -0.346 e. The van der Waals surface area contributed by atoms with Crippen LogP contribution in [0.2, 0.25) is 0 Å². The molecule has 0 radical (unpaired) electrons. The summed E-state index contributed by atoms with van der Waals surface area (Å²) in [7, 11) is 0. The predicted molar refractivity (Wildman–Crippen MR) is 72.4 cm³/mol. The molecule has 1 aromatic carbocycles. The Kier molecular flexibility index (Phi) is 3.97. The summed E-state index contributed by atoms with van der Waals surface area (Å²) in [5, 5.41) is 3.37. The Bertz CT molecular complexity index is 512. The molecule has 1 aliphatic carbocycles. The van der Waals surface area contributed by atoms with Crippen molar-refractivity contribution in [3.63, 3.8) is 0 Å². The van der Waals surface area contributed by atoms with Crippen molar-refractivity contribution >= 4 is 37.8 Å². The Morgan fingerprint density at radius 2 is 2.00 bits per heavy atom. The van der Waals surface area contributed by atoms with Crippen LogP contribution in [0, 0.1) is 0 Å². The largest absolute Gasteiger partial charge is 0.417 e. The molecule has 19 heavy (non-hydrogen) atoms. The van der Waals surface area contributed by atoms with Crippen LogP contribution in [0.5, 0.6) is 0 Å². The van der Waals surface area contributed by atoms with Crippen LogP contribution in [0.1, 0.15) is 28.8 Å². The summed E-state index contributed by atoms with van der Waals surface area (Å²) in [4.78, 5) is 11.9. The van der Waals surface area contributed by atoms with Crippen LogP contribution >= 0.6 is 31.9 Å². The lowest BCUT2D eigenvalue weighted by Crippen LogP contribution is -2.38. The molecule has 0 aliphatic heterocycles. The molecule has 0 atom stereocenters. The third-order valence-electron chi connectivity index (χ3n) is 3.02. The second-order valence-electron chi connectivity index (χ2n) is 4.56. The lowest BCUT2D eigenvalue weighted by atomic mass is 10.1. The summed E-state index contributed by atoms with van der Waals surface area (Å²) >= 11 is 6.13. The Labute approximate surface area is 125 Å². The first-order valence-corrected chi connectivity index (χ1v) is 7.44. The zero-order chi connectivity index (χ0) is 14.3. The van der Waals surface area contributed by atoms with Crippen molar-refractivity contribution in [2.24, 2.45) is 0 Å². The molecule has 104 valence electrons. The number of nitrogens with one attached hydrogen (secondary N) is 1. The number of hydrogen-bond acceptors (Lipinski definition) is 1. The molecule has 0 saturated heterocycles. The second-order valence-corrected chi connectivity index (χ2v) is 5.98. The highest BCUT2D eigenvalue weighted by Gasteiger charge is 2.43. The minimum atomic E-state index is -4.48. The smallest absolute Gasteiger partial charge is 0.346 e. The monoisotopic (exact) mass is 399 g/mol. The van der Waals surface area contributed by atoms with Gasteiger partial charge in [-0.15, -0.1) is 0 Å². The summed E-state index contributed by atoms with van der Waals surface area (Å²) in [6.45, 7) is 0. The van der Waals surface area contributed by atoms with Crippen LogP contribution in [0.15, 0.2) is 22.7 Å². The number of amides is 1. The molecule has 1 aromatic rings. The van der Waals surface area contributed by atoms with Gasteiger partial charge in [0.15, 0.2) is 0 Å². The molecule has 2 nitrogen and oxygen atoms in total. The quantitative estimate of drug-likeness (QED) is 0.759. The van der Waals surface area contributed by atoms with Gasteiger partial charge < -0.3 is 5.32 Å². The number of rotatable bonds is 3. The van der Waals surface area contributed by atoms with E-state index in [4.69, 9.17) is 0 Å². The fraction of sp³-hybridized carbons (Fsp3) is 0.417. The van der Waals surface area contributed by atoms with E-state index in [9.17, 15) is 18.0 Å². The topological polar surface area (TPSA) is 29.1 Å². The molecule has 0 heterocycles. The first-order valence-electron chi connectivity index (χ1n) is 5.53. The van der Waals surface area contributed by atoms with Crippen LogP contribution in [0.4, 0.5) is 13.2 Å². The first kappa shape index (κ1) is 14.8. The third kappa shape index (κ3) is 3.31. The molecule has 1 saturated carbocycles. The van der Waals surface area contributed by atoms with Gasteiger partial charge in [0.1, 0.15) is 0 Å². The van der Waals surface area contributed by atoms with Gasteiger partial charge in [-0.1, -0.05) is 31.9 Å². The van der Waals surface area contributed by atoms with E-state index in [-0.39, 0.29) is 15.6 Å². The molecule has 0 unspecified atom stereocenters. The molecule has 0 spiro atoms. The third-order valence-corrected chi connectivity index (χ3v) is 4.79. The number of halogens is 5. The number of alkyl halides is 4. The van der Waals surface area contributed by atoms with Crippen molar-refractivity contribution < 1.29 is 18.0 Å². The molecule has 2 rings (SSSR count). The van der Waals surface area contributed by atoms with Gasteiger partial charge in [-0.25, -0.2) is 0 Å². The summed E-state index contributed by atoms with van der Waals surface area (Å²) in [6, 6.07) is 3.48. The Hall–Kier alpha value is -0.560. The second kappa shape index (κ2) is 5.09. The van der Waals surface area contributed by atoms with Crippen LogP contribution in [0.3, 0.4) is 0 Å². The zero-order valence-electron chi connectivity index (χ0n) is 9.65. The van der Waals surface area contributed by atoms with Crippen molar-refractivity contribution in [2.45, 2.75) is 24.6 Å². The molecule has 1 fully saturated rings. The van der Waals surface area contributed by atoms with E-state index in [0.29, 0.717) is 5.33 Å². The van der Waals surface area contributed by atoms with E-state index in [1.807, 2.05) is 0 Å². The maximum Gasteiger partial charge on any atom is 0.417 e. The van der Waals surface area contributed by atoms with Crippen LogP contribution in [-0.2, 0) is 6.18 Å².